The van der Waals surface area contributed by atoms with E-state index < -0.39 is 26.5 Å². The number of phosphoric acid groups is 1. The number of quaternary nitrogens is 1. The van der Waals surface area contributed by atoms with Crippen molar-refractivity contribution in [2.24, 2.45) is 0 Å². The molecule has 0 fully saturated rings. The number of rotatable bonds is 59. The molecule has 0 aromatic carbocycles. The number of unbranched alkanes of at least 4 members (excludes halogenated alkanes) is 39. The van der Waals surface area contributed by atoms with Gasteiger partial charge in [0.25, 0.3) is 7.82 Å². The zero-order chi connectivity index (χ0) is 54.2. The molecular formula is C64H122NO8P. The Balaban J connectivity index is 4.08. The molecule has 0 aliphatic carbocycles. The van der Waals surface area contributed by atoms with E-state index in [1.807, 2.05) is 21.1 Å². The molecule has 9 nitrogen and oxygen atoms in total. The molecule has 2 atom stereocenters. The topological polar surface area (TPSA) is 111 Å². The minimum absolute atomic E-state index is 0.0297. The Kier molecular flexibility index (Phi) is 54.6. The van der Waals surface area contributed by atoms with Gasteiger partial charge < -0.3 is 27.9 Å². The average Bonchev–Trinajstić information content (AvgIpc) is 3.36. The molecule has 0 saturated heterocycles. The molecule has 0 aliphatic heterocycles. The molecule has 74 heavy (non-hydrogen) atoms. The zero-order valence-electron chi connectivity index (χ0n) is 49.6. The molecular weight excluding hydrogens is 942 g/mol. The Morgan fingerprint density at radius 3 is 1.08 bits per heavy atom. The number of allylic oxidation sites excluding steroid dienone is 6. The number of carbonyl (C=O) groups is 2. The van der Waals surface area contributed by atoms with Crippen molar-refractivity contribution in [1.29, 1.82) is 0 Å². The minimum atomic E-state index is -4.64. The maximum atomic E-state index is 12.8. The van der Waals surface area contributed by atoms with Crippen LogP contribution in [0, 0.1) is 0 Å². The van der Waals surface area contributed by atoms with Gasteiger partial charge in [0, 0.05) is 12.8 Å². The summed E-state index contributed by atoms with van der Waals surface area (Å²) in [6.07, 6.45) is 69.1. The molecule has 0 heterocycles. The van der Waals surface area contributed by atoms with Crippen molar-refractivity contribution < 1.29 is 42.1 Å². The summed E-state index contributed by atoms with van der Waals surface area (Å²) in [4.78, 5) is 38.0. The average molecular weight is 1060 g/mol. The molecule has 0 aliphatic rings. The highest BCUT2D eigenvalue weighted by atomic mass is 31.2. The lowest BCUT2D eigenvalue weighted by Gasteiger charge is -2.28. The van der Waals surface area contributed by atoms with Gasteiger partial charge in [-0.15, -0.1) is 0 Å². The minimum Gasteiger partial charge on any atom is -0.756 e. The van der Waals surface area contributed by atoms with E-state index in [9.17, 15) is 19.0 Å². The van der Waals surface area contributed by atoms with Crippen LogP contribution in [0.4, 0.5) is 0 Å². The fraction of sp³-hybridized carbons (Fsp3) is 0.875. The van der Waals surface area contributed by atoms with Crippen molar-refractivity contribution in [3.63, 3.8) is 0 Å². The first kappa shape index (κ1) is 72.2. The summed E-state index contributed by atoms with van der Waals surface area (Å²) in [5.41, 5.74) is 0. The second-order valence-corrected chi connectivity index (χ2v) is 24.2. The van der Waals surface area contributed by atoms with Crippen molar-refractivity contribution >= 4 is 19.8 Å². The lowest BCUT2D eigenvalue weighted by atomic mass is 10.0. The van der Waals surface area contributed by atoms with Crippen LogP contribution in [0.3, 0.4) is 0 Å². The summed E-state index contributed by atoms with van der Waals surface area (Å²) >= 11 is 0. The van der Waals surface area contributed by atoms with Crippen LogP contribution < -0.4 is 4.89 Å². The Hall–Kier alpha value is -1.77. The molecule has 0 aromatic rings. The fourth-order valence-electron chi connectivity index (χ4n) is 9.21. The number of ether oxygens (including phenoxy) is 2. The Morgan fingerprint density at radius 2 is 0.730 bits per heavy atom. The molecule has 0 amide bonds. The highest BCUT2D eigenvalue weighted by Gasteiger charge is 2.22. The van der Waals surface area contributed by atoms with E-state index in [1.54, 1.807) is 0 Å². The van der Waals surface area contributed by atoms with Crippen LogP contribution in [-0.2, 0) is 32.7 Å². The highest BCUT2D eigenvalue weighted by molar-refractivity contribution is 7.45. The van der Waals surface area contributed by atoms with Crippen molar-refractivity contribution in [2.75, 3.05) is 47.5 Å². The summed E-state index contributed by atoms with van der Waals surface area (Å²) in [6, 6.07) is 0. The van der Waals surface area contributed by atoms with Crippen LogP contribution in [0.15, 0.2) is 36.5 Å². The summed E-state index contributed by atoms with van der Waals surface area (Å²) in [5.74, 6) is -0.821. The van der Waals surface area contributed by atoms with Gasteiger partial charge >= 0.3 is 11.9 Å². The summed E-state index contributed by atoms with van der Waals surface area (Å²) in [7, 11) is 1.18. The summed E-state index contributed by atoms with van der Waals surface area (Å²) < 4.78 is 34.2. The molecule has 0 N–H and O–H groups in total. The third-order valence-electron chi connectivity index (χ3n) is 14.1. The Labute approximate surface area is 459 Å². The maximum absolute atomic E-state index is 12.8. The number of esters is 2. The second-order valence-electron chi connectivity index (χ2n) is 22.8. The molecule has 0 aromatic heterocycles. The van der Waals surface area contributed by atoms with E-state index in [4.69, 9.17) is 18.5 Å². The molecule has 0 rings (SSSR count). The monoisotopic (exact) mass is 1060 g/mol. The van der Waals surface area contributed by atoms with Crippen LogP contribution in [0.25, 0.3) is 0 Å². The lowest BCUT2D eigenvalue weighted by Crippen LogP contribution is -2.37. The smallest absolute Gasteiger partial charge is 0.306 e. The summed E-state index contributed by atoms with van der Waals surface area (Å²) in [6.45, 7) is 4.28. The fourth-order valence-corrected chi connectivity index (χ4v) is 9.94. The van der Waals surface area contributed by atoms with Crippen LogP contribution in [-0.4, -0.2) is 70.0 Å². The van der Waals surface area contributed by atoms with Crippen LogP contribution in [0.1, 0.15) is 309 Å². The van der Waals surface area contributed by atoms with Crippen LogP contribution >= 0.6 is 7.82 Å². The zero-order valence-corrected chi connectivity index (χ0v) is 50.5. The van der Waals surface area contributed by atoms with Gasteiger partial charge in [-0.05, 0) is 70.6 Å². The first-order valence-corrected chi connectivity index (χ1v) is 33.2. The van der Waals surface area contributed by atoms with E-state index in [2.05, 4.69) is 50.3 Å². The van der Waals surface area contributed by atoms with Crippen molar-refractivity contribution in [3.05, 3.63) is 36.5 Å². The van der Waals surface area contributed by atoms with Crippen LogP contribution in [0.5, 0.6) is 0 Å². The van der Waals surface area contributed by atoms with E-state index in [0.717, 1.165) is 44.9 Å². The van der Waals surface area contributed by atoms with Gasteiger partial charge in [0.15, 0.2) is 6.10 Å². The van der Waals surface area contributed by atoms with Gasteiger partial charge in [-0.3, -0.25) is 14.2 Å². The third-order valence-corrected chi connectivity index (χ3v) is 15.1. The lowest BCUT2D eigenvalue weighted by molar-refractivity contribution is -0.870. The van der Waals surface area contributed by atoms with Gasteiger partial charge in [0.05, 0.1) is 27.7 Å². The normalized spacial score (nSPS) is 13.4. The van der Waals surface area contributed by atoms with Crippen LogP contribution in [0.2, 0.25) is 0 Å². The molecule has 436 valence electrons. The number of hydrogen-bond donors (Lipinski definition) is 0. The van der Waals surface area contributed by atoms with Gasteiger partial charge in [-0.25, -0.2) is 0 Å². The van der Waals surface area contributed by atoms with E-state index in [-0.39, 0.29) is 32.0 Å². The number of nitrogens with zero attached hydrogens (tertiary/aromatic N) is 1. The third kappa shape index (κ3) is 59.5. The molecule has 0 bridgehead atoms. The number of phosphoric ester groups is 1. The highest BCUT2D eigenvalue weighted by Crippen LogP contribution is 2.38. The SMILES string of the molecule is CCCCCCC/C=C\C/C=C\CCCCCCCCCCCCCC(=O)OC(COC(=O)CCCCCCCCCCCCCCCCC/C=C\CCCCCCCCCC)COP(=O)([O-])OCC[N+](C)(C)C. The number of carbonyl (C=O) groups excluding carboxylic acids is 2. The van der Waals surface area contributed by atoms with E-state index >= 15 is 0 Å². The number of likely N-dealkylation sites (N-methyl/N-ethyl adjacent to an activating group) is 1. The molecule has 0 spiro atoms. The quantitative estimate of drug-likeness (QED) is 0.0195. The van der Waals surface area contributed by atoms with E-state index in [1.165, 1.54) is 231 Å². The van der Waals surface area contributed by atoms with Gasteiger partial charge in [0.1, 0.15) is 19.8 Å². The van der Waals surface area contributed by atoms with Gasteiger partial charge in [0.2, 0.25) is 0 Å². The number of hydrogen-bond acceptors (Lipinski definition) is 8. The summed E-state index contributed by atoms with van der Waals surface area (Å²) in [5, 5.41) is 0. The first-order valence-electron chi connectivity index (χ1n) is 31.7. The standard InChI is InChI=1S/C64H122NO8P/c1-6-8-10-12-14-16-18-20-22-24-26-28-30-31-32-33-35-36-38-40-42-44-46-48-50-52-54-56-63(66)70-60-62(61-72-74(68,69)71-59-58-65(3,4)5)73-64(67)57-55-53-51-49-47-45-43-41-39-37-34-29-27-25-23-21-19-17-15-13-11-9-7-2/h19,21,24-27,62H,6-18,20,22-23,28-61H2,1-5H3/b21-19-,26-24-,27-25-. The Bertz CT molecular complexity index is 1340. The van der Waals surface area contributed by atoms with Gasteiger partial charge in [-0.1, -0.05) is 262 Å². The largest absolute Gasteiger partial charge is 0.756 e. The van der Waals surface area contributed by atoms with Crippen molar-refractivity contribution in [1.82, 2.24) is 0 Å². The van der Waals surface area contributed by atoms with Crippen molar-refractivity contribution in [2.45, 2.75) is 315 Å². The van der Waals surface area contributed by atoms with Crippen molar-refractivity contribution in [3.8, 4) is 0 Å². The predicted molar refractivity (Wildman–Crippen MR) is 314 cm³/mol. The second kappa shape index (κ2) is 56.0. The first-order chi connectivity index (χ1) is 36.0. The Morgan fingerprint density at radius 1 is 0.419 bits per heavy atom. The molecule has 0 saturated carbocycles. The molecule has 10 heteroatoms. The predicted octanol–water partition coefficient (Wildman–Crippen LogP) is 19.3. The molecule has 0 radical (unpaired) electrons. The molecule has 2 unspecified atom stereocenters. The maximum Gasteiger partial charge on any atom is 0.306 e. The van der Waals surface area contributed by atoms with E-state index in [0.29, 0.717) is 17.4 Å². The van der Waals surface area contributed by atoms with Gasteiger partial charge in [-0.2, -0.15) is 0 Å².